The van der Waals surface area contributed by atoms with Crippen LogP contribution in [0.2, 0.25) is 10.0 Å². The SMILES string of the molecule is Cn1ncc2cnn(CC(O)c3ccc(Cl)cc3Cl)c2c1=O. The van der Waals surface area contributed by atoms with Crippen LogP contribution in [0.3, 0.4) is 0 Å². The molecule has 2 heterocycles. The quantitative estimate of drug-likeness (QED) is 0.794. The molecule has 8 heteroatoms. The van der Waals surface area contributed by atoms with Crippen LogP contribution < -0.4 is 5.56 Å². The summed E-state index contributed by atoms with van der Waals surface area (Å²) >= 11 is 11.9. The minimum absolute atomic E-state index is 0.101. The predicted molar refractivity (Wildman–Crippen MR) is 84.2 cm³/mol. The Morgan fingerprint density at radius 2 is 2.00 bits per heavy atom. The standard InChI is InChI=1S/C14H12Cl2N4O2/c1-19-14(22)13-8(5-17-19)6-18-20(13)7-12(21)10-3-2-9(15)4-11(10)16/h2-6,12,21H,7H2,1H3. The average Bonchev–Trinajstić information content (AvgIpc) is 2.86. The van der Waals surface area contributed by atoms with Crippen molar-refractivity contribution < 1.29 is 5.11 Å². The summed E-state index contributed by atoms with van der Waals surface area (Å²) in [5.74, 6) is 0. The zero-order chi connectivity index (χ0) is 15.9. The third-order valence-corrected chi connectivity index (χ3v) is 3.96. The third-order valence-electron chi connectivity index (χ3n) is 3.40. The maximum Gasteiger partial charge on any atom is 0.292 e. The van der Waals surface area contributed by atoms with Crippen LogP contribution >= 0.6 is 23.2 Å². The number of fused-ring (bicyclic) bond motifs is 1. The summed E-state index contributed by atoms with van der Waals surface area (Å²) in [6.45, 7) is 0.101. The summed E-state index contributed by atoms with van der Waals surface area (Å²) in [5, 5.41) is 19.9. The average molecular weight is 339 g/mol. The number of halogens is 2. The van der Waals surface area contributed by atoms with Gasteiger partial charge < -0.3 is 5.11 Å². The van der Waals surface area contributed by atoms with Crippen molar-refractivity contribution >= 4 is 34.1 Å². The van der Waals surface area contributed by atoms with Gasteiger partial charge in [0, 0.05) is 28.0 Å². The Kier molecular flexibility index (Phi) is 3.90. The van der Waals surface area contributed by atoms with E-state index in [1.54, 1.807) is 37.6 Å². The summed E-state index contributed by atoms with van der Waals surface area (Å²) < 4.78 is 2.68. The van der Waals surface area contributed by atoms with Gasteiger partial charge in [-0.15, -0.1) is 0 Å². The molecule has 1 unspecified atom stereocenters. The Morgan fingerprint density at radius 1 is 1.27 bits per heavy atom. The van der Waals surface area contributed by atoms with Crippen LogP contribution in [0.1, 0.15) is 11.7 Å². The largest absolute Gasteiger partial charge is 0.386 e. The molecule has 0 aliphatic rings. The van der Waals surface area contributed by atoms with Crippen molar-refractivity contribution in [2.75, 3.05) is 0 Å². The van der Waals surface area contributed by atoms with Gasteiger partial charge in [-0.2, -0.15) is 10.2 Å². The number of rotatable bonds is 3. The van der Waals surface area contributed by atoms with Gasteiger partial charge in [0.1, 0.15) is 11.6 Å². The van der Waals surface area contributed by atoms with E-state index in [1.807, 2.05) is 0 Å². The summed E-state index contributed by atoms with van der Waals surface area (Å²) in [6, 6.07) is 4.86. The van der Waals surface area contributed by atoms with Crippen LogP contribution in [0.5, 0.6) is 0 Å². The first kappa shape index (κ1) is 15.0. The second-order valence-corrected chi connectivity index (χ2v) is 5.73. The zero-order valence-electron chi connectivity index (χ0n) is 11.6. The van der Waals surface area contributed by atoms with E-state index in [-0.39, 0.29) is 12.1 Å². The molecule has 1 N–H and O–H groups in total. The third kappa shape index (κ3) is 2.61. The van der Waals surface area contributed by atoms with Gasteiger partial charge in [0.2, 0.25) is 0 Å². The first-order valence-corrected chi connectivity index (χ1v) is 7.24. The molecule has 0 saturated carbocycles. The highest BCUT2D eigenvalue weighted by atomic mass is 35.5. The summed E-state index contributed by atoms with van der Waals surface area (Å²) in [5.41, 5.74) is 0.645. The fourth-order valence-electron chi connectivity index (χ4n) is 2.25. The van der Waals surface area contributed by atoms with E-state index in [4.69, 9.17) is 23.2 Å². The molecule has 114 valence electrons. The lowest BCUT2D eigenvalue weighted by atomic mass is 10.1. The molecule has 1 aromatic carbocycles. The molecule has 1 atom stereocenters. The maximum atomic E-state index is 12.2. The van der Waals surface area contributed by atoms with Gasteiger partial charge in [-0.25, -0.2) is 4.68 Å². The second-order valence-electron chi connectivity index (χ2n) is 4.89. The van der Waals surface area contributed by atoms with Crippen LogP contribution in [0.15, 0.2) is 35.4 Å². The van der Waals surface area contributed by atoms with Gasteiger partial charge in [0.25, 0.3) is 5.56 Å². The lowest BCUT2D eigenvalue weighted by Crippen LogP contribution is -2.22. The molecule has 22 heavy (non-hydrogen) atoms. The number of aliphatic hydroxyl groups excluding tert-OH is 1. The molecule has 3 aromatic rings. The minimum atomic E-state index is -0.911. The normalized spacial score (nSPS) is 12.7. The highest BCUT2D eigenvalue weighted by Gasteiger charge is 2.16. The molecule has 0 amide bonds. The molecule has 0 radical (unpaired) electrons. The topological polar surface area (TPSA) is 72.9 Å². The minimum Gasteiger partial charge on any atom is -0.386 e. The second kappa shape index (κ2) is 5.72. The molecule has 0 aliphatic heterocycles. The first-order valence-electron chi connectivity index (χ1n) is 6.48. The lowest BCUT2D eigenvalue weighted by molar-refractivity contribution is 0.153. The van der Waals surface area contributed by atoms with Gasteiger partial charge in [-0.3, -0.25) is 9.48 Å². The Hall–Kier alpha value is -1.89. The van der Waals surface area contributed by atoms with Crippen molar-refractivity contribution in [2.24, 2.45) is 7.05 Å². The van der Waals surface area contributed by atoms with Crippen LogP contribution in [0, 0.1) is 0 Å². The van der Waals surface area contributed by atoms with Crippen molar-refractivity contribution in [3.63, 3.8) is 0 Å². The molecule has 0 aliphatic carbocycles. The fourth-order valence-corrected chi connectivity index (χ4v) is 2.79. The molecular weight excluding hydrogens is 327 g/mol. The van der Waals surface area contributed by atoms with Crippen molar-refractivity contribution in [1.29, 1.82) is 0 Å². The fraction of sp³-hybridized carbons (Fsp3) is 0.214. The number of aryl methyl sites for hydroxylation is 1. The highest BCUT2D eigenvalue weighted by molar-refractivity contribution is 6.35. The van der Waals surface area contributed by atoms with E-state index >= 15 is 0 Å². The van der Waals surface area contributed by atoms with Crippen molar-refractivity contribution in [3.05, 3.63) is 56.6 Å². The molecule has 2 aromatic heterocycles. The van der Waals surface area contributed by atoms with Gasteiger partial charge in [0.15, 0.2) is 0 Å². The number of aromatic nitrogens is 4. The van der Waals surface area contributed by atoms with Crippen LogP contribution in [0.4, 0.5) is 0 Å². The smallest absolute Gasteiger partial charge is 0.292 e. The van der Waals surface area contributed by atoms with E-state index in [2.05, 4.69) is 10.2 Å². The van der Waals surface area contributed by atoms with E-state index in [9.17, 15) is 9.90 Å². The molecule has 0 saturated heterocycles. The highest BCUT2D eigenvalue weighted by Crippen LogP contribution is 2.27. The van der Waals surface area contributed by atoms with Gasteiger partial charge in [-0.1, -0.05) is 29.3 Å². The van der Waals surface area contributed by atoms with Crippen molar-refractivity contribution in [2.45, 2.75) is 12.6 Å². The van der Waals surface area contributed by atoms with Gasteiger partial charge in [-0.05, 0) is 12.1 Å². The first-order chi connectivity index (χ1) is 10.5. The number of benzene rings is 1. The lowest BCUT2D eigenvalue weighted by Gasteiger charge is -2.13. The van der Waals surface area contributed by atoms with E-state index in [1.165, 1.54) is 9.36 Å². The summed E-state index contributed by atoms with van der Waals surface area (Å²) in [4.78, 5) is 12.2. The maximum absolute atomic E-state index is 12.2. The van der Waals surface area contributed by atoms with E-state index < -0.39 is 6.10 Å². The van der Waals surface area contributed by atoms with Gasteiger partial charge >= 0.3 is 0 Å². The Labute approximate surface area is 135 Å². The number of nitrogens with zero attached hydrogens (tertiary/aromatic N) is 4. The molecule has 0 fully saturated rings. The van der Waals surface area contributed by atoms with Crippen LogP contribution in [0.25, 0.3) is 10.9 Å². The van der Waals surface area contributed by atoms with Gasteiger partial charge in [0.05, 0.1) is 18.9 Å². The van der Waals surface area contributed by atoms with Crippen molar-refractivity contribution in [3.8, 4) is 0 Å². The number of aliphatic hydroxyl groups is 1. The molecule has 6 nitrogen and oxygen atoms in total. The molecule has 0 spiro atoms. The Morgan fingerprint density at radius 3 is 2.73 bits per heavy atom. The molecule has 3 rings (SSSR count). The van der Waals surface area contributed by atoms with E-state index in [0.717, 1.165) is 0 Å². The Balaban J connectivity index is 1.99. The van der Waals surface area contributed by atoms with E-state index in [0.29, 0.717) is 26.5 Å². The predicted octanol–water partition coefficient (Wildman–Crippen LogP) is 2.17. The number of hydrogen-bond acceptors (Lipinski definition) is 4. The molecule has 0 bridgehead atoms. The van der Waals surface area contributed by atoms with Crippen molar-refractivity contribution in [1.82, 2.24) is 19.6 Å². The van der Waals surface area contributed by atoms with Crippen LogP contribution in [-0.4, -0.2) is 24.7 Å². The monoisotopic (exact) mass is 338 g/mol. The summed E-state index contributed by atoms with van der Waals surface area (Å²) in [7, 11) is 1.56. The summed E-state index contributed by atoms with van der Waals surface area (Å²) in [6.07, 6.45) is 2.19. The Bertz CT molecular complexity index is 903. The zero-order valence-corrected chi connectivity index (χ0v) is 13.1. The van der Waals surface area contributed by atoms with Crippen LogP contribution in [-0.2, 0) is 13.6 Å². The number of hydrogen-bond donors (Lipinski definition) is 1. The molecular formula is C14H12Cl2N4O2.